The summed E-state index contributed by atoms with van der Waals surface area (Å²) in [5.41, 5.74) is 3.94. The average Bonchev–Trinajstić information content (AvgIpc) is 2.72. The Morgan fingerprint density at radius 3 is 1.45 bits per heavy atom. The molecule has 2 aromatic rings. The van der Waals surface area contributed by atoms with E-state index in [9.17, 15) is 9.59 Å². The van der Waals surface area contributed by atoms with Crippen LogP contribution in [-0.4, -0.2) is 47.8 Å². The van der Waals surface area contributed by atoms with Gasteiger partial charge in [0.2, 0.25) is 0 Å². The summed E-state index contributed by atoms with van der Waals surface area (Å²) in [6, 6.07) is 15.8. The van der Waals surface area contributed by atoms with Crippen molar-refractivity contribution in [1.29, 1.82) is 0 Å². The molecular weight excluding hydrogens is 360 g/mol. The van der Waals surface area contributed by atoms with Crippen LogP contribution in [0.5, 0.6) is 0 Å². The summed E-state index contributed by atoms with van der Waals surface area (Å²) >= 11 is 0. The van der Waals surface area contributed by atoms with Crippen molar-refractivity contribution in [3.05, 3.63) is 70.8 Å². The number of carbonyl (C=O) groups excluding carboxylic acids is 2. The van der Waals surface area contributed by atoms with Crippen LogP contribution >= 0.6 is 0 Å². The molecule has 29 heavy (non-hydrogen) atoms. The number of hydrogen-bond acceptors (Lipinski definition) is 2. The van der Waals surface area contributed by atoms with E-state index < -0.39 is 0 Å². The van der Waals surface area contributed by atoms with Gasteiger partial charge in [0.15, 0.2) is 0 Å². The van der Waals surface area contributed by atoms with Gasteiger partial charge in [-0.1, -0.05) is 58.9 Å². The maximum atomic E-state index is 12.8. The van der Waals surface area contributed by atoms with Crippen LogP contribution in [0.4, 0.5) is 0 Å². The van der Waals surface area contributed by atoms with Gasteiger partial charge in [-0.3, -0.25) is 9.59 Å². The standard InChI is InChI=1S/C25H32N2O2/c1-18(2)19-6-8-20(9-7-19)23(28)26-14-16-27(17-15-26)24(29)21-10-12-22(13-11-21)25(3,4)5/h6-13,18H,14-17H2,1-5H3. The van der Waals surface area contributed by atoms with E-state index in [1.54, 1.807) is 0 Å². The Bertz CT molecular complexity index is 853. The van der Waals surface area contributed by atoms with Gasteiger partial charge in [0, 0.05) is 37.3 Å². The number of nitrogens with zero attached hydrogens (tertiary/aromatic N) is 2. The number of benzene rings is 2. The molecule has 0 N–H and O–H groups in total. The molecule has 4 nitrogen and oxygen atoms in total. The molecule has 2 amide bonds. The highest BCUT2D eigenvalue weighted by atomic mass is 16.2. The third-order valence-corrected chi connectivity index (χ3v) is 5.68. The highest BCUT2D eigenvalue weighted by Gasteiger charge is 2.26. The SMILES string of the molecule is CC(C)c1ccc(C(=O)N2CCN(C(=O)c3ccc(C(C)(C)C)cc3)CC2)cc1. The summed E-state index contributed by atoms with van der Waals surface area (Å²) in [4.78, 5) is 29.3. The van der Waals surface area contributed by atoms with Crippen molar-refractivity contribution in [2.45, 2.75) is 46.0 Å². The highest BCUT2D eigenvalue weighted by molar-refractivity contribution is 5.96. The maximum absolute atomic E-state index is 12.8. The fourth-order valence-corrected chi connectivity index (χ4v) is 3.60. The summed E-state index contributed by atoms with van der Waals surface area (Å²) < 4.78 is 0. The zero-order valence-corrected chi connectivity index (χ0v) is 18.2. The minimum Gasteiger partial charge on any atom is -0.335 e. The zero-order valence-electron chi connectivity index (χ0n) is 18.2. The van der Waals surface area contributed by atoms with Crippen LogP contribution in [0.25, 0.3) is 0 Å². The van der Waals surface area contributed by atoms with Gasteiger partial charge < -0.3 is 9.80 Å². The van der Waals surface area contributed by atoms with Gasteiger partial charge in [0.05, 0.1) is 0 Å². The predicted octanol–water partition coefficient (Wildman–Crippen LogP) is 4.71. The maximum Gasteiger partial charge on any atom is 0.253 e. The molecule has 0 unspecified atom stereocenters. The summed E-state index contributed by atoms with van der Waals surface area (Å²) in [6.45, 7) is 13.0. The van der Waals surface area contributed by atoms with Crippen LogP contribution in [0.3, 0.4) is 0 Å². The monoisotopic (exact) mass is 392 g/mol. The summed E-state index contributed by atoms with van der Waals surface area (Å²) in [5.74, 6) is 0.534. The molecule has 0 bridgehead atoms. The molecule has 1 saturated heterocycles. The summed E-state index contributed by atoms with van der Waals surface area (Å²) in [5, 5.41) is 0. The third kappa shape index (κ3) is 4.87. The fraction of sp³-hybridized carbons (Fsp3) is 0.440. The molecule has 0 aliphatic carbocycles. The van der Waals surface area contributed by atoms with E-state index in [4.69, 9.17) is 0 Å². The lowest BCUT2D eigenvalue weighted by Crippen LogP contribution is -2.50. The molecule has 1 aliphatic rings. The Morgan fingerprint density at radius 2 is 1.10 bits per heavy atom. The van der Waals surface area contributed by atoms with Crippen LogP contribution in [0.2, 0.25) is 0 Å². The van der Waals surface area contributed by atoms with Crippen molar-refractivity contribution in [1.82, 2.24) is 9.80 Å². The van der Waals surface area contributed by atoms with Crippen molar-refractivity contribution in [2.75, 3.05) is 26.2 Å². The normalized spacial score (nSPS) is 15.0. The smallest absolute Gasteiger partial charge is 0.253 e. The van der Waals surface area contributed by atoms with Crippen molar-refractivity contribution in [3.8, 4) is 0 Å². The molecule has 2 aromatic carbocycles. The molecule has 0 spiro atoms. The number of amides is 2. The van der Waals surface area contributed by atoms with Crippen LogP contribution in [0.1, 0.15) is 72.4 Å². The molecule has 4 heteroatoms. The first kappa shape index (κ1) is 21.1. The van der Waals surface area contributed by atoms with Crippen LogP contribution in [0.15, 0.2) is 48.5 Å². The number of hydrogen-bond donors (Lipinski definition) is 0. The van der Waals surface area contributed by atoms with E-state index in [1.165, 1.54) is 11.1 Å². The second-order valence-electron chi connectivity index (χ2n) is 9.19. The zero-order chi connectivity index (χ0) is 21.2. The predicted molar refractivity (Wildman–Crippen MR) is 117 cm³/mol. The van der Waals surface area contributed by atoms with Gasteiger partial charge in [0.25, 0.3) is 11.8 Å². The second-order valence-corrected chi connectivity index (χ2v) is 9.19. The van der Waals surface area contributed by atoms with E-state index >= 15 is 0 Å². The molecule has 1 fully saturated rings. The van der Waals surface area contributed by atoms with E-state index in [-0.39, 0.29) is 17.2 Å². The van der Waals surface area contributed by atoms with Gasteiger partial charge in [0.1, 0.15) is 0 Å². The van der Waals surface area contributed by atoms with Crippen molar-refractivity contribution < 1.29 is 9.59 Å². The average molecular weight is 393 g/mol. The van der Waals surface area contributed by atoms with Crippen LogP contribution < -0.4 is 0 Å². The van der Waals surface area contributed by atoms with E-state index in [2.05, 4.69) is 34.6 Å². The Hall–Kier alpha value is -2.62. The third-order valence-electron chi connectivity index (χ3n) is 5.68. The molecule has 0 saturated carbocycles. The van der Waals surface area contributed by atoms with Crippen LogP contribution in [-0.2, 0) is 5.41 Å². The lowest BCUT2D eigenvalue weighted by molar-refractivity contribution is 0.0535. The lowest BCUT2D eigenvalue weighted by Gasteiger charge is -2.35. The first-order valence-corrected chi connectivity index (χ1v) is 10.5. The lowest BCUT2D eigenvalue weighted by atomic mass is 9.86. The highest BCUT2D eigenvalue weighted by Crippen LogP contribution is 2.23. The molecule has 1 heterocycles. The molecule has 0 radical (unpaired) electrons. The van der Waals surface area contributed by atoms with Crippen molar-refractivity contribution >= 4 is 11.8 Å². The van der Waals surface area contributed by atoms with E-state index in [0.717, 1.165) is 0 Å². The molecule has 0 aromatic heterocycles. The van der Waals surface area contributed by atoms with E-state index in [0.29, 0.717) is 43.2 Å². The Morgan fingerprint density at radius 1 is 0.724 bits per heavy atom. The first-order chi connectivity index (χ1) is 13.7. The van der Waals surface area contributed by atoms with Gasteiger partial charge >= 0.3 is 0 Å². The minimum atomic E-state index is 0.0406. The van der Waals surface area contributed by atoms with Crippen molar-refractivity contribution in [3.63, 3.8) is 0 Å². The van der Waals surface area contributed by atoms with E-state index in [1.807, 2.05) is 58.3 Å². The Kier molecular flexibility index (Phi) is 6.11. The number of piperazine rings is 1. The minimum absolute atomic E-state index is 0.0406. The Labute approximate surface area is 174 Å². The van der Waals surface area contributed by atoms with Gasteiger partial charge in [-0.15, -0.1) is 0 Å². The molecule has 1 aliphatic heterocycles. The first-order valence-electron chi connectivity index (χ1n) is 10.5. The Balaban J connectivity index is 1.59. The molecule has 154 valence electrons. The summed E-state index contributed by atoms with van der Waals surface area (Å²) in [7, 11) is 0. The largest absolute Gasteiger partial charge is 0.335 e. The van der Waals surface area contributed by atoms with Crippen LogP contribution in [0, 0.1) is 0 Å². The molecule has 3 rings (SSSR count). The second kappa shape index (κ2) is 8.40. The summed E-state index contributed by atoms with van der Waals surface area (Å²) in [6.07, 6.45) is 0. The van der Waals surface area contributed by atoms with Gasteiger partial charge in [-0.05, 0) is 46.7 Å². The van der Waals surface area contributed by atoms with Gasteiger partial charge in [-0.25, -0.2) is 0 Å². The number of carbonyl (C=O) groups is 2. The topological polar surface area (TPSA) is 40.6 Å². The van der Waals surface area contributed by atoms with Crippen molar-refractivity contribution in [2.24, 2.45) is 0 Å². The fourth-order valence-electron chi connectivity index (χ4n) is 3.60. The molecular formula is C25H32N2O2. The number of rotatable bonds is 3. The quantitative estimate of drug-likeness (QED) is 0.759. The molecule has 0 atom stereocenters. The van der Waals surface area contributed by atoms with Gasteiger partial charge in [-0.2, -0.15) is 0 Å².